The minimum absolute atomic E-state index is 0.124. The van der Waals surface area contributed by atoms with Crippen LogP contribution < -0.4 is 16.6 Å². The van der Waals surface area contributed by atoms with Crippen molar-refractivity contribution in [3.8, 4) is 0 Å². The highest BCUT2D eigenvalue weighted by Crippen LogP contribution is 2.37. The SMILES string of the molecule is Cc1cc(=O)n(CC(=O)Nc2sc3c(c2C(N)=O)CCCC3)c2c(C)cccc12. The number of benzene rings is 1. The summed E-state index contributed by atoms with van der Waals surface area (Å²) in [5, 5.41) is 4.28. The average molecular weight is 410 g/mol. The van der Waals surface area contributed by atoms with E-state index in [9.17, 15) is 14.4 Å². The number of carbonyl (C=O) groups excluding carboxylic acids is 2. The number of pyridine rings is 1. The number of rotatable bonds is 4. The van der Waals surface area contributed by atoms with Crippen LogP contribution in [0.4, 0.5) is 5.00 Å². The summed E-state index contributed by atoms with van der Waals surface area (Å²) in [4.78, 5) is 38.6. The zero-order chi connectivity index (χ0) is 20.7. The van der Waals surface area contributed by atoms with Gasteiger partial charge in [0, 0.05) is 16.3 Å². The van der Waals surface area contributed by atoms with E-state index in [4.69, 9.17) is 5.73 Å². The van der Waals surface area contributed by atoms with Crippen LogP contribution in [-0.4, -0.2) is 16.4 Å². The number of anilines is 1. The van der Waals surface area contributed by atoms with Crippen molar-refractivity contribution in [1.82, 2.24) is 4.57 Å². The first-order valence-corrected chi connectivity index (χ1v) is 10.5. The number of primary amides is 1. The van der Waals surface area contributed by atoms with Crippen molar-refractivity contribution in [2.45, 2.75) is 46.1 Å². The predicted molar refractivity (Wildman–Crippen MR) is 116 cm³/mol. The van der Waals surface area contributed by atoms with Gasteiger partial charge in [0.05, 0.1) is 11.1 Å². The highest BCUT2D eigenvalue weighted by molar-refractivity contribution is 7.17. The quantitative estimate of drug-likeness (QED) is 0.692. The van der Waals surface area contributed by atoms with Gasteiger partial charge in [-0.2, -0.15) is 0 Å². The molecule has 6 nitrogen and oxygen atoms in total. The van der Waals surface area contributed by atoms with E-state index in [0.717, 1.165) is 58.2 Å². The number of nitrogens with one attached hydrogen (secondary N) is 1. The number of hydrogen-bond acceptors (Lipinski definition) is 4. The Balaban J connectivity index is 1.70. The number of carbonyl (C=O) groups is 2. The van der Waals surface area contributed by atoms with Gasteiger partial charge in [-0.3, -0.25) is 19.0 Å². The van der Waals surface area contributed by atoms with Crippen LogP contribution in [0.1, 0.15) is 44.8 Å². The number of nitrogens with zero attached hydrogens (tertiary/aromatic N) is 1. The fourth-order valence-corrected chi connectivity index (χ4v) is 5.48. The van der Waals surface area contributed by atoms with Gasteiger partial charge in [-0.15, -0.1) is 11.3 Å². The third-order valence-corrected chi connectivity index (χ3v) is 6.72. The highest BCUT2D eigenvalue weighted by Gasteiger charge is 2.25. The van der Waals surface area contributed by atoms with Gasteiger partial charge in [0.25, 0.3) is 11.5 Å². The first-order valence-electron chi connectivity index (χ1n) is 9.70. The second-order valence-electron chi connectivity index (χ2n) is 7.55. The molecule has 150 valence electrons. The Morgan fingerprint density at radius 3 is 2.69 bits per heavy atom. The number of amides is 2. The minimum atomic E-state index is -0.520. The van der Waals surface area contributed by atoms with Crippen LogP contribution in [0, 0.1) is 13.8 Å². The second kappa shape index (κ2) is 7.48. The Bertz CT molecular complexity index is 1210. The fraction of sp³-hybridized carbons (Fsp3) is 0.318. The Labute approximate surface area is 172 Å². The number of thiophene rings is 1. The van der Waals surface area contributed by atoms with Crippen LogP contribution in [0.25, 0.3) is 10.9 Å². The largest absolute Gasteiger partial charge is 0.365 e. The molecule has 7 heteroatoms. The molecule has 3 aromatic rings. The Kier molecular flexibility index (Phi) is 5.00. The maximum atomic E-state index is 12.8. The highest BCUT2D eigenvalue weighted by atomic mass is 32.1. The van der Waals surface area contributed by atoms with Gasteiger partial charge < -0.3 is 11.1 Å². The molecule has 0 aliphatic heterocycles. The summed E-state index contributed by atoms with van der Waals surface area (Å²) in [5.74, 6) is -0.866. The number of aryl methyl sites for hydroxylation is 3. The number of hydrogen-bond donors (Lipinski definition) is 2. The summed E-state index contributed by atoms with van der Waals surface area (Å²) < 4.78 is 1.49. The molecule has 0 radical (unpaired) electrons. The summed E-state index contributed by atoms with van der Waals surface area (Å²) in [7, 11) is 0. The summed E-state index contributed by atoms with van der Waals surface area (Å²) in [6, 6.07) is 7.36. The fourth-order valence-electron chi connectivity index (χ4n) is 4.17. The molecule has 0 fully saturated rings. The molecule has 2 aromatic heterocycles. The van der Waals surface area contributed by atoms with Crippen LogP contribution in [-0.2, 0) is 24.2 Å². The van der Waals surface area contributed by atoms with E-state index in [-0.39, 0.29) is 18.0 Å². The van der Waals surface area contributed by atoms with Gasteiger partial charge in [0.1, 0.15) is 11.5 Å². The van der Waals surface area contributed by atoms with Crippen LogP contribution in [0.2, 0.25) is 0 Å². The smallest absolute Gasteiger partial charge is 0.251 e. The summed E-state index contributed by atoms with van der Waals surface area (Å²) >= 11 is 1.42. The molecule has 0 unspecified atom stereocenters. The predicted octanol–water partition coefficient (Wildman–Crippen LogP) is 3.30. The lowest BCUT2D eigenvalue weighted by Crippen LogP contribution is -2.28. The Morgan fingerprint density at radius 1 is 1.17 bits per heavy atom. The molecule has 2 amide bonds. The maximum Gasteiger partial charge on any atom is 0.251 e. The van der Waals surface area contributed by atoms with E-state index in [1.165, 1.54) is 15.9 Å². The second-order valence-corrected chi connectivity index (χ2v) is 8.66. The number of aromatic nitrogens is 1. The van der Waals surface area contributed by atoms with Gasteiger partial charge >= 0.3 is 0 Å². The molecule has 0 spiro atoms. The monoisotopic (exact) mass is 409 g/mol. The van der Waals surface area contributed by atoms with Crippen molar-refractivity contribution < 1.29 is 9.59 Å². The normalized spacial score (nSPS) is 13.3. The van der Waals surface area contributed by atoms with Crippen molar-refractivity contribution in [3.63, 3.8) is 0 Å². The van der Waals surface area contributed by atoms with Gasteiger partial charge in [-0.1, -0.05) is 18.2 Å². The summed E-state index contributed by atoms with van der Waals surface area (Å²) in [6.07, 6.45) is 3.79. The molecule has 1 aromatic carbocycles. The third-order valence-electron chi connectivity index (χ3n) is 5.51. The molecule has 2 heterocycles. The standard InChI is InChI=1S/C22H23N3O3S/c1-12-6-5-8-14-13(2)10-18(27)25(20(12)14)11-17(26)24-22-19(21(23)28)15-7-3-4-9-16(15)29-22/h5-6,8,10H,3-4,7,9,11H2,1-2H3,(H2,23,28)(H,24,26). The molecule has 0 saturated heterocycles. The first-order chi connectivity index (χ1) is 13.9. The van der Waals surface area contributed by atoms with E-state index in [0.29, 0.717) is 10.6 Å². The lowest BCUT2D eigenvalue weighted by atomic mass is 9.95. The number of para-hydroxylation sites is 1. The van der Waals surface area contributed by atoms with Crippen LogP contribution >= 0.6 is 11.3 Å². The third kappa shape index (κ3) is 3.46. The molecule has 1 aliphatic carbocycles. The molecule has 29 heavy (non-hydrogen) atoms. The van der Waals surface area contributed by atoms with E-state index >= 15 is 0 Å². The van der Waals surface area contributed by atoms with E-state index < -0.39 is 5.91 Å². The topological polar surface area (TPSA) is 94.2 Å². The lowest BCUT2D eigenvalue weighted by molar-refractivity contribution is -0.116. The number of nitrogens with two attached hydrogens (primary N) is 1. The van der Waals surface area contributed by atoms with Crippen molar-refractivity contribution in [2.75, 3.05) is 5.32 Å². The van der Waals surface area contributed by atoms with Crippen molar-refractivity contribution in [1.29, 1.82) is 0 Å². The molecule has 3 N–H and O–H groups in total. The molecule has 0 saturated carbocycles. The number of fused-ring (bicyclic) bond motifs is 2. The maximum absolute atomic E-state index is 12.8. The van der Waals surface area contributed by atoms with Gasteiger partial charge in [0.2, 0.25) is 5.91 Å². The van der Waals surface area contributed by atoms with E-state index in [2.05, 4.69) is 5.32 Å². The summed E-state index contributed by atoms with van der Waals surface area (Å²) in [5.41, 5.74) is 9.35. The van der Waals surface area contributed by atoms with E-state index in [1.54, 1.807) is 6.07 Å². The molecular formula is C22H23N3O3S. The van der Waals surface area contributed by atoms with Gasteiger partial charge in [-0.05, 0) is 56.2 Å². The van der Waals surface area contributed by atoms with Crippen LogP contribution in [0.3, 0.4) is 0 Å². The minimum Gasteiger partial charge on any atom is -0.365 e. The first kappa shape index (κ1) is 19.4. The molecule has 0 atom stereocenters. The molecule has 0 bridgehead atoms. The van der Waals surface area contributed by atoms with Crippen molar-refractivity contribution >= 4 is 39.1 Å². The Morgan fingerprint density at radius 2 is 1.93 bits per heavy atom. The lowest BCUT2D eigenvalue weighted by Gasteiger charge is -2.14. The van der Waals surface area contributed by atoms with Gasteiger partial charge in [-0.25, -0.2) is 0 Å². The Hall–Kier alpha value is -2.93. The zero-order valence-electron chi connectivity index (χ0n) is 16.5. The van der Waals surface area contributed by atoms with Crippen molar-refractivity contribution in [2.24, 2.45) is 5.73 Å². The average Bonchev–Trinajstić information content (AvgIpc) is 3.03. The van der Waals surface area contributed by atoms with Crippen LogP contribution in [0.15, 0.2) is 29.1 Å². The van der Waals surface area contributed by atoms with Crippen molar-refractivity contribution in [3.05, 3.63) is 61.8 Å². The molecule has 4 rings (SSSR count). The zero-order valence-corrected chi connectivity index (χ0v) is 17.3. The van der Waals surface area contributed by atoms with Crippen LogP contribution in [0.5, 0.6) is 0 Å². The molecule has 1 aliphatic rings. The molecular weight excluding hydrogens is 386 g/mol. The van der Waals surface area contributed by atoms with Gasteiger partial charge in [0.15, 0.2) is 0 Å². The van der Waals surface area contributed by atoms with E-state index in [1.807, 2.05) is 32.0 Å². The summed E-state index contributed by atoms with van der Waals surface area (Å²) in [6.45, 7) is 3.69.